The van der Waals surface area contributed by atoms with Gasteiger partial charge in [-0.2, -0.15) is 0 Å². The first-order valence-electron chi connectivity index (χ1n) is 7.17. The van der Waals surface area contributed by atoms with E-state index < -0.39 is 24.3 Å². The lowest BCUT2D eigenvalue weighted by Crippen LogP contribution is -2.21. The molecule has 1 N–H and O–H groups in total. The number of anilines is 1. The number of carbonyl (C=O) groups excluding carboxylic acids is 2. The number of hydrogen-bond acceptors (Lipinski definition) is 3. The molecule has 120 valence electrons. The fraction of sp³-hybridized carbons (Fsp3) is 0.222. The maximum Gasteiger partial charge on any atom is 0.338 e. The molecule has 0 saturated heterocycles. The summed E-state index contributed by atoms with van der Waals surface area (Å²) in [5, 5.41) is 2.52. The Hall–Kier alpha value is -2.69. The van der Waals surface area contributed by atoms with Crippen molar-refractivity contribution in [2.45, 2.75) is 20.8 Å². The van der Waals surface area contributed by atoms with Crippen LogP contribution in [0.1, 0.15) is 27.0 Å². The minimum Gasteiger partial charge on any atom is -0.452 e. The van der Waals surface area contributed by atoms with Crippen molar-refractivity contribution in [1.82, 2.24) is 0 Å². The molecule has 4 nitrogen and oxygen atoms in total. The molecule has 0 unspecified atom stereocenters. The monoisotopic (exact) mass is 315 g/mol. The summed E-state index contributed by atoms with van der Waals surface area (Å²) < 4.78 is 18.1. The van der Waals surface area contributed by atoms with E-state index in [-0.39, 0.29) is 0 Å². The van der Waals surface area contributed by atoms with E-state index in [9.17, 15) is 14.0 Å². The van der Waals surface area contributed by atoms with E-state index in [2.05, 4.69) is 5.32 Å². The Kier molecular flexibility index (Phi) is 5.11. The van der Waals surface area contributed by atoms with E-state index in [0.29, 0.717) is 11.3 Å². The van der Waals surface area contributed by atoms with E-state index in [1.54, 1.807) is 25.1 Å². The number of rotatable bonds is 4. The van der Waals surface area contributed by atoms with Crippen LogP contribution in [-0.4, -0.2) is 18.5 Å². The standard InChI is InChI=1S/C18H18FNO3/c1-11-4-6-14(8-13(11)3)18(22)23-10-17(21)20-16-9-15(19)7-5-12(16)2/h4-9H,10H2,1-3H3,(H,20,21). The van der Waals surface area contributed by atoms with Crippen molar-refractivity contribution in [2.24, 2.45) is 0 Å². The average Bonchev–Trinajstić information content (AvgIpc) is 2.51. The number of amides is 1. The summed E-state index contributed by atoms with van der Waals surface area (Å²) >= 11 is 0. The van der Waals surface area contributed by atoms with Gasteiger partial charge in [0, 0.05) is 5.69 Å². The Morgan fingerprint density at radius 2 is 1.70 bits per heavy atom. The van der Waals surface area contributed by atoms with E-state index >= 15 is 0 Å². The van der Waals surface area contributed by atoms with Crippen molar-refractivity contribution in [1.29, 1.82) is 0 Å². The summed E-state index contributed by atoms with van der Waals surface area (Å²) in [7, 11) is 0. The molecule has 23 heavy (non-hydrogen) atoms. The van der Waals surface area contributed by atoms with Gasteiger partial charge in [0.25, 0.3) is 5.91 Å². The second-order valence-electron chi connectivity index (χ2n) is 5.38. The van der Waals surface area contributed by atoms with Crippen LogP contribution >= 0.6 is 0 Å². The molecule has 0 saturated carbocycles. The fourth-order valence-electron chi connectivity index (χ4n) is 2.00. The van der Waals surface area contributed by atoms with E-state index in [1.165, 1.54) is 12.1 Å². The fourth-order valence-corrected chi connectivity index (χ4v) is 2.00. The van der Waals surface area contributed by atoms with Crippen molar-refractivity contribution in [2.75, 3.05) is 11.9 Å². The van der Waals surface area contributed by atoms with Crippen LogP contribution < -0.4 is 5.32 Å². The predicted octanol–water partition coefficient (Wildman–Crippen LogP) is 3.55. The number of carbonyl (C=O) groups is 2. The van der Waals surface area contributed by atoms with Crippen LogP contribution in [-0.2, 0) is 9.53 Å². The summed E-state index contributed by atoms with van der Waals surface area (Å²) in [6.45, 7) is 5.16. The molecule has 2 aromatic rings. The molecule has 0 aliphatic rings. The summed E-state index contributed by atoms with van der Waals surface area (Å²) in [5.74, 6) is -1.53. The molecule has 5 heteroatoms. The first kappa shape index (κ1) is 16.7. The van der Waals surface area contributed by atoms with Crippen molar-refractivity contribution >= 4 is 17.6 Å². The van der Waals surface area contributed by atoms with Crippen LogP contribution in [0.25, 0.3) is 0 Å². The van der Waals surface area contributed by atoms with Crippen LogP contribution in [0.4, 0.5) is 10.1 Å². The Morgan fingerprint density at radius 3 is 2.39 bits per heavy atom. The molecule has 0 aliphatic heterocycles. The molecule has 1 amide bonds. The molecule has 0 heterocycles. The van der Waals surface area contributed by atoms with Gasteiger partial charge in [0.1, 0.15) is 5.82 Å². The number of ether oxygens (including phenoxy) is 1. The largest absolute Gasteiger partial charge is 0.452 e. The highest BCUT2D eigenvalue weighted by molar-refractivity contribution is 5.96. The quantitative estimate of drug-likeness (QED) is 0.878. The molecule has 2 aromatic carbocycles. The van der Waals surface area contributed by atoms with Crippen molar-refractivity contribution in [3.8, 4) is 0 Å². The van der Waals surface area contributed by atoms with E-state index in [0.717, 1.165) is 16.7 Å². The van der Waals surface area contributed by atoms with Crippen LogP contribution in [0.5, 0.6) is 0 Å². The topological polar surface area (TPSA) is 55.4 Å². The van der Waals surface area contributed by atoms with Gasteiger partial charge in [-0.15, -0.1) is 0 Å². The van der Waals surface area contributed by atoms with Crippen molar-refractivity contribution in [3.05, 3.63) is 64.5 Å². The van der Waals surface area contributed by atoms with E-state index in [1.807, 2.05) is 19.9 Å². The zero-order chi connectivity index (χ0) is 17.0. The summed E-state index contributed by atoms with van der Waals surface area (Å²) in [4.78, 5) is 23.7. The lowest BCUT2D eigenvalue weighted by Gasteiger charge is -2.09. The van der Waals surface area contributed by atoms with Crippen LogP contribution in [0.2, 0.25) is 0 Å². The second-order valence-corrected chi connectivity index (χ2v) is 5.38. The third kappa shape index (κ3) is 4.39. The molecular formula is C18H18FNO3. The summed E-state index contributed by atoms with van der Waals surface area (Å²) in [5.41, 5.74) is 3.51. The van der Waals surface area contributed by atoms with Crippen molar-refractivity contribution in [3.63, 3.8) is 0 Å². The highest BCUT2D eigenvalue weighted by Gasteiger charge is 2.12. The number of halogens is 1. The molecule has 2 rings (SSSR count). The zero-order valence-electron chi connectivity index (χ0n) is 13.3. The van der Waals surface area contributed by atoms with Gasteiger partial charge < -0.3 is 10.1 Å². The van der Waals surface area contributed by atoms with Gasteiger partial charge in [-0.05, 0) is 61.7 Å². The minimum absolute atomic E-state index is 0.359. The number of benzene rings is 2. The molecule has 0 spiro atoms. The maximum atomic E-state index is 13.2. The van der Waals surface area contributed by atoms with Crippen LogP contribution in [0, 0.1) is 26.6 Å². The van der Waals surface area contributed by atoms with Gasteiger partial charge in [0.05, 0.1) is 5.56 Å². The number of nitrogens with one attached hydrogen (secondary N) is 1. The van der Waals surface area contributed by atoms with Gasteiger partial charge in [0.15, 0.2) is 6.61 Å². The predicted molar refractivity (Wildman–Crippen MR) is 86.0 cm³/mol. The maximum absolute atomic E-state index is 13.2. The lowest BCUT2D eigenvalue weighted by molar-refractivity contribution is -0.119. The molecule has 0 bridgehead atoms. The summed E-state index contributed by atoms with van der Waals surface area (Å²) in [6, 6.07) is 9.28. The molecule has 0 aromatic heterocycles. The highest BCUT2D eigenvalue weighted by atomic mass is 19.1. The van der Waals surface area contributed by atoms with Crippen LogP contribution in [0.15, 0.2) is 36.4 Å². The first-order valence-corrected chi connectivity index (χ1v) is 7.17. The lowest BCUT2D eigenvalue weighted by atomic mass is 10.1. The second kappa shape index (κ2) is 7.05. The summed E-state index contributed by atoms with van der Waals surface area (Å²) in [6.07, 6.45) is 0. The van der Waals surface area contributed by atoms with E-state index in [4.69, 9.17) is 4.74 Å². The van der Waals surface area contributed by atoms with Crippen molar-refractivity contribution < 1.29 is 18.7 Å². The SMILES string of the molecule is Cc1ccc(C(=O)OCC(=O)Nc2cc(F)ccc2C)cc1C. The Balaban J connectivity index is 1.94. The molecule has 0 aliphatic carbocycles. The number of aryl methyl sites for hydroxylation is 3. The Bertz CT molecular complexity index is 756. The molecule has 0 fully saturated rings. The molecular weight excluding hydrogens is 297 g/mol. The number of esters is 1. The number of hydrogen-bond donors (Lipinski definition) is 1. The average molecular weight is 315 g/mol. The minimum atomic E-state index is -0.570. The van der Waals surface area contributed by atoms with Crippen LogP contribution in [0.3, 0.4) is 0 Å². The normalized spacial score (nSPS) is 10.3. The van der Waals surface area contributed by atoms with Gasteiger partial charge in [-0.25, -0.2) is 9.18 Å². The van der Waals surface area contributed by atoms with Gasteiger partial charge in [-0.1, -0.05) is 12.1 Å². The Morgan fingerprint density at radius 1 is 1.00 bits per heavy atom. The van der Waals surface area contributed by atoms with Gasteiger partial charge in [-0.3, -0.25) is 4.79 Å². The first-order chi connectivity index (χ1) is 10.9. The smallest absolute Gasteiger partial charge is 0.338 e. The Labute approximate surface area is 134 Å². The third-order valence-electron chi connectivity index (χ3n) is 3.55. The van der Waals surface area contributed by atoms with Gasteiger partial charge >= 0.3 is 5.97 Å². The highest BCUT2D eigenvalue weighted by Crippen LogP contribution is 2.16. The third-order valence-corrected chi connectivity index (χ3v) is 3.55. The molecule has 0 radical (unpaired) electrons. The molecule has 0 atom stereocenters. The van der Waals surface area contributed by atoms with Gasteiger partial charge in [0.2, 0.25) is 0 Å². The zero-order valence-corrected chi connectivity index (χ0v) is 13.3.